The van der Waals surface area contributed by atoms with Crippen LogP contribution in [0.15, 0.2) is 60.7 Å². The van der Waals surface area contributed by atoms with E-state index in [0.29, 0.717) is 45.8 Å². The van der Waals surface area contributed by atoms with E-state index in [1.165, 1.54) is 13.2 Å². The van der Waals surface area contributed by atoms with Crippen molar-refractivity contribution in [3.05, 3.63) is 76.8 Å². The Hall–Kier alpha value is -3.48. The summed E-state index contributed by atoms with van der Waals surface area (Å²) >= 11 is 6.41. The molecule has 0 aromatic heterocycles. The summed E-state index contributed by atoms with van der Waals surface area (Å²) < 4.78 is 22.3. The highest BCUT2D eigenvalue weighted by atomic mass is 35.5. The number of rotatable bonds is 11. The molecule has 0 fully saturated rings. The lowest BCUT2D eigenvalue weighted by Gasteiger charge is -2.15. The van der Waals surface area contributed by atoms with Gasteiger partial charge in [-0.15, -0.1) is 0 Å². The van der Waals surface area contributed by atoms with Gasteiger partial charge in [-0.1, -0.05) is 35.9 Å². The van der Waals surface area contributed by atoms with Crippen LogP contribution in [-0.2, 0) is 0 Å². The average molecular weight is 496 g/mol. The van der Waals surface area contributed by atoms with Gasteiger partial charge in [-0.3, -0.25) is 4.79 Å². The zero-order valence-corrected chi connectivity index (χ0v) is 21.4. The first-order chi connectivity index (χ1) is 16.9. The van der Waals surface area contributed by atoms with Crippen LogP contribution in [0, 0.1) is 0 Å². The van der Waals surface area contributed by atoms with Crippen molar-refractivity contribution in [1.29, 1.82) is 0 Å². The van der Waals surface area contributed by atoms with Crippen LogP contribution in [0.3, 0.4) is 0 Å². The van der Waals surface area contributed by atoms with Crippen molar-refractivity contribution >= 4 is 23.5 Å². The van der Waals surface area contributed by atoms with Gasteiger partial charge in [0.05, 0.1) is 26.9 Å². The van der Waals surface area contributed by atoms with Crippen molar-refractivity contribution in [2.24, 2.45) is 0 Å². The predicted octanol–water partition coefficient (Wildman–Crippen LogP) is 5.87. The van der Waals surface area contributed by atoms with Gasteiger partial charge in [0.25, 0.3) is 0 Å². The van der Waals surface area contributed by atoms with Crippen molar-refractivity contribution in [3.63, 3.8) is 0 Å². The molecule has 0 heterocycles. The minimum atomic E-state index is -0.212. The molecule has 7 heteroatoms. The molecule has 0 bridgehead atoms. The van der Waals surface area contributed by atoms with E-state index < -0.39 is 0 Å². The van der Waals surface area contributed by atoms with Gasteiger partial charge in [-0.25, -0.2) is 0 Å². The third-order valence-corrected chi connectivity index (χ3v) is 5.70. The second kappa shape index (κ2) is 12.3. The highest BCUT2D eigenvalue weighted by Gasteiger charge is 2.17. The zero-order chi connectivity index (χ0) is 25.4. The smallest absolute Gasteiger partial charge is 0.203 e. The maximum absolute atomic E-state index is 13.4. The largest absolute Gasteiger partial charge is 0.493 e. The fraction of sp³-hybridized carbons (Fsp3) is 0.250. The molecule has 0 saturated carbocycles. The molecular weight excluding hydrogens is 466 g/mol. The number of halogens is 1. The number of carbonyl (C=O) groups excluding carboxylic acids is 1. The van der Waals surface area contributed by atoms with Crippen LogP contribution in [0.5, 0.6) is 23.0 Å². The second-order valence-electron chi connectivity index (χ2n) is 7.96. The molecule has 0 radical (unpaired) electrons. The van der Waals surface area contributed by atoms with Gasteiger partial charge < -0.3 is 23.8 Å². The molecule has 0 unspecified atom stereocenters. The Morgan fingerprint density at radius 3 is 2.29 bits per heavy atom. The summed E-state index contributed by atoms with van der Waals surface area (Å²) in [5, 5.41) is 0.609. The van der Waals surface area contributed by atoms with E-state index in [1.54, 1.807) is 32.4 Å². The molecular formula is C28H30ClNO5. The van der Waals surface area contributed by atoms with Crippen LogP contribution >= 0.6 is 11.6 Å². The Bertz CT molecular complexity index is 1210. The summed E-state index contributed by atoms with van der Waals surface area (Å²) in [5.74, 6) is 1.77. The first kappa shape index (κ1) is 26.1. The fourth-order valence-electron chi connectivity index (χ4n) is 3.56. The molecule has 6 nitrogen and oxygen atoms in total. The Morgan fingerprint density at radius 1 is 0.914 bits per heavy atom. The summed E-state index contributed by atoms with van der Waals surface area (Å²) in [4.78, 5) is 15.4. The second-order valence-corrected chi connectivity index (χ2v) is 8.37. The lowest BCUT2D eigenvalue weighted by Crippen LogP contribution is -2.20. The van der Waals surface area contributed by atoms with Gasteiger partial charge in [0.15, 0.2) is 17.3 Å². The van der Waals surface area contributed by atoms with Crippen LogP contribution in [0.2, 0.25) is 5.02 Å². The van der Waals surface area contributed by atoms with E-state index in [4.69, 9.17) is 30.5 Å². The Labute approximate surface area is 211 Å². The van der Waals surface area contributed by atoms with Crippen LogP contribution in [0.25, 0.3) is 17.2 Å². The number of hydrogen-bond donors (Lipinski definition) is 0. The van der Waals surface area contributed by atoms with E-state index in [2.05, 4.69) is 0 Å². The maximum atomic E-state index is 13.4. The molecule has 0 N–H and O–H groups in total. The predicted molar refractivity (Wildman–Crippen MR) is 140 cm³/mol. The molecule has 0 saturated heterocycles. The number of hydrogen-bond acceptors (Lipinski definition) is 6. The van der Waals surface area contributed by atoms with Crippen LogP contribution in [0.1, 0.15) is 15.9 Å². The first-order valence-corrected chi connectivity index (χ1v) is 11.4. The van der Waals surface area contributed by atoms with E-state index >= 15 is 0 Å². The SMILES string of the molecule is COc1ccc(C=CC(=O)c2cc(-c3ccccc3Cl)ccc2OCCN(C)C)c(OC)c1OC. The van der Waals surface area contributed by atoms with Crippen LogP contribution in [0.4, 0.5) is 0 Å². The van der Waals surface area contributed by atoms with Gasteiger partial charge in [-0.05, 0) is 62.1 Å². The quantitative estimate of drug-likeness (QED) is 0.245. The normalized spacial score (nSPS) is 11.1. The number of allylic oxidation sites excluding steroid dienone is 1. The number of ketones is 1. The van der Waals surface area contributed by atoms with Gasteiger partial charge in [0.1, 0.15) is 12.4 Å². The van der Waals surface area contributed by atoms with Gasteiger partial charge in [-0.2, -0.15) is 0 Å². The van der Waals surface area contributed by atoms with Gasteiger partial charge in [0, 0.05) is 22.7 Å². The minimum absolute atomic E-state index is 0.212. The summed E-state index contributed by atoms with van der Waals surface area (Å²) in [5.41, 5.74) is 2.79. The van der Waals surface area contributed by atoms with E-state index in [0.717, 1.165) is 17.7 Å². The van der Waals surface area contributed by atoms with E-state index in [9.17, 15) is 4.79 Å². The third-order valence-electron chi connectivity index (χ3n) is 5.37. The summed E-state index contributed by atoms with van der Waals surface area (Å²) in [6, 6.07) is 16.6. The minimum Gasteiger partial charge on any atom is -0.493 e. The molecule has 35 heavy (non-hydrogen) atoms. The average Bonchev–Trinajstić information content (AvgIpc) is 2.86. The Kier molecular flexibility index (Phi) is 9.18. The summed E-state index contributed by atoms with van der Waals surface area (Å²) in [6.07, 6.45) is 3.18. The Morgan fingerprint density at radius 2 is 1.63 bits per heavy atom. The molecule has 3 aromatic carbocycles. The number of nitrogens with zero attached hydrogens (tertiary/aromatic N) is 1. The molecule has 0 aliphatic heterocycles. The topological polar surface area (TPSA) is 57.2 Å². The van der Waals surface area contributed by atoms with E-state index in [-0.39, 0.29) is 5.78 Å². The molecule has 3 rings (SSSR count). The Balaban J connectivity index is 1.99. The van der Waals surface area contributed by atoms with Crippen molar-refractivity contribution in [3.8, 4) is 34.1 Å². The molecule has 0 aliphatic rings. The lowest BCUT2D eigenvalue weighted by atomic mass is 9.99. The fourth-order valence-corrected chi connectivity index (χ4v) is 3.81. The zero-order valence-electron chi connectivity index (χ0n) is 20.6. The molecule has 0 spiro atoms. The van der Waals surface area contributed by atoms with Crippen molar-refractivity contribution < 1.29 is 23.7 Å². The standard InChI is InChI=1S/C28H30ClNO5/c1-30(2)16-17-35-25-14-12-20(21-8-6-7-9-23(21)29)18-22(25)24(31)13-10-19-11-15-26(32-3)28(34-5)27(19)33-4/h6-15,18H,16-17H2,1-5H3. The van der Waals surface area contributed by atoms with Crippen molar-refractivity contribution in [2.75, 3.05) is 48.6 Å². The van der Waals surface area contributed by atoms with Gasteiger partial charge >= 0.3 is 0 Å². The molecule has 0 amide bonds. The van der Waals surface area contributed by atoms with Crippen LogP contribution in [-0.4, -0.2) is 59.3 Å². The third kappa shape index (κ3) is 6.35. The van der Waals surface area contributed by atoms with Gasteiger partial charge in [0.2, 0.25) is 5.75 Å². The number of ether oxygens (including phenoxy) is 4. The highest BCUT2D eigenvalue weighted by Crippen LogP contribution is 2.40. The highest BCUT2D eigenvalue weighted by molar-refractivity contribution is 6.33. The van der Waals surface area contributed by atoms with Crippen molar-refractivity contribution in [1.82, 2.24) is 4.90 Å². The number of likely N-dealkylation sites (N-methyl/N-ethyl adjacent to an activating group) is 1. The van der Waals surface area contributed by atoms with Crippen LogP contribution < -0.4 is 18.9 Å². The molecule has 184 valence electrons. The first-order valence-electron chi connectivity index (χ1n) is 11.1. The number of benzene rings is 3. The summed E-state index contributed by atoms with van der Waals surface area (Å²) in [7, 11) is 8.57. The molecule has 0 aliphatic carbocycles. The summed E-state index contributed by atoms with van der Waals surface area (Å²) in [6.45, 7) is 1.17. The number of methoxy groups -OCH3 is 3. The lowest BCUT2D eigenvalue weighted by molar-refractivity contribution is 0.104. The maximum Gasteiger partial charge on any atom is 0.203 e. The monoisotopic (exact) mass is 495 g/mol. The van der Waals surface area contributed by atoms with E-state index in [1.807, 2.05) is 61.5 Å². The molecule has 3 aromatic rings. The molecule has 0 atom stereocenters. The van der Waals surface area contributed by atoms with Crippen molar-refractivity contribution in [2.45, 2.75) is 0 Å². The number of carbonyl (C=O) groups is 1.